The molecule has 5 atom stereocenters. The first-order valence-electron chi connectivity index (χ1n) is 6.25. The second kappa shape index (κ2) is 3.76. The van der Waals surface area contributed by atoms with Crippen LogP contribution in [0.2, 0.25) is 0 Å². The summed E-state index contributed by atoms with van der Waals surface area (Å²) in [5, 5.41) is 0. The number of hydrogen-bond acceptors (Lipinski definition) is 2. The van der Waals surface area contributed by atoms with Crippen LogP contribution in [0.3, 0.4) is 0 Å². The average Bonchev–Trinajstić information content (AvgIpc) is 2.96. The minimum Gasteiger partial charge on any atom is -0.462 e. The molecule has 0 radical (unpaired) electrons. The zero-order chi connectivity index (χ0) is 11.1. The van der Waals surface area contributed by atoms with Crippen molar-refractivity contribution in [2.45, 2.75) is 19.3 Å². The molecular formula is C14H18O2. The lowest BCUT2D eigenvalue weighted by atomic mass is 9.76. The molecule has 16 heavy (non-hydrogen) atoms. The van der Waals surface area contributed by atoms with Gasteiger partial charge < -0.3 is 4.74 Å². The Balaban J connectivity index is 1.60. The third kappa shape index (κ3) is 1.43. The largest absolute Gasteiger partial charge is 0.462 e. The van der Waals surface area contributed by atoms with Crippen LogP contribution in [0.25, 0.3) is 0 Å². The molecule has 3 aliphatic carbocycles. The Kier molecular flexibility index (Phi) is 2.38. The molecule has 3 rings (SSSR count). The van der Waals surface area contributed by atoms with Gasteiger partial charge in [-0.3, -0.25) is 0 Å². The summed E-state index contributed by atoms with van der Waals surface area (Å²) in [6.45, 7) is 4.03. The molecule has 0 aliphatic heterocycles. The van der Waals surface area contributed by atoms with Gasteiger partial charge in [0.15, 0.2) is 0 Å². The number of carbonyl (C=O) groups is 1. The van der Waals surface area contributed by atoms with E-state index >= 15 is 0 Å². The first-order valence-corrected chi connectivity index (χ1v) is 6.25. The lowest BCUT2D eigenvalue weighted by molar-refractivity contribution is -0.139. The van der Waals surface area contributed by atoms with Crippen molar-refractivity contribution < 1.29 is 9.53 Å². The number of fused-ring (bicyclic) bond motifs is 5. The summed E-state index contributed by atoms with van der Waals surface area (Å²) >= 11 is 0. The Hall–Kier alpha value is -1.05. The summed E-state index contributed by atoms with van der Waals surface area (Å²) < 4.78 is 5.20. The molecule has 2 fully saturated rings. The number of esters is 1. The van der Waals surface area contributed by atoms with E-state index in [4.69, 9.17) is 4.74 Å². The van der Waals surface area contributed by atoms with E-state index in [1.807, 2.05) is 0 Å². The highest BCUT2D eigenvalue weighted by Gasteiger charge is 2.52. The molecule has 0 amide bonds. The summed E-state index contributed by atoms with van der Waals surface area (Å²) in [4.78, 5) is 11.0. The Labute approximate surface area is 96.4 Å². The first kappa shape index (κ1) is 10.1. The van der Waals surface area contributed by atoms with Gasteiger partial charge in [0.25, 0.3) is 0 Å². The van der Waals surface area contributed by atoms with Crippen molar-refractivity contribution in [3.8, 4) is 0 Å². The van der Waals surface area contributed by atoms with Gasteiger partial charge in [-0.05, 0) is 48.9 Å². The molecule has 0 aromatic heterocycles. The van der Waals surface area contributed by atoms with Gasteiger partial charge in [0, 0.05) is 6.08 Å². The van der Waals surface area contributed by atoms with Crippen molar-refractivity contribution in [1.29, 1.82) is 0 Å². The fraction of sp³-hybridized carbons (Fsp3) is 0.643. The average molecular weight is 218 g/mol. The molecule has 86 valence electrons. The predicted molar refractivity (Wildman–Crippen MR) is 61.6 cm³/mol. The van der Waals surface area contributed by atoms with Gasteiger partial charge in [-0.1, -0.05) is 18.7 Å². The fourth-order valence-corrected chi connectivity index (χ4v) is 4.14. The van der Waals surface area contributed by atoms with Crippen LogP contribution in [0, 0.1) is 29.6 Å². The third-order valence-electron chi connectivity index (χ3n) is 4.75. The summed E-state index contributed by atoms with van der Waals surface area (Å²) in [5.74, 6) is 3.69. The molecule has 0 spiro atoms. The molecular weight excluding hydrogens is 200 g/mol. The van der Waals surface area contributed by atoms with Crippen LogP contribution in [0.5, 0.6) is 0 Å². The molecule has 0 heterocycles. The molecule has 0 N–H and O–H groups in total. The quantitative estimate of drug-likeness (QED) is 0.413. The predicted octanol–water partition coefficient (Wildman–Crippen LogP) is 2.56. The van der Waals surface area contributed by atoms with Crippen LogP contribution in [0.15, 0.2) is 24.8 Å². The Bertz CT molecular complexity index is 345. The number of carbonyl (C=O) groups excluding carboxylic acids is 1. The van der Waals surface area contributed by atoms with E-state index < -0.39 is 0 Å². The zero-order valence-electron chi connectivity index (χ0n) is 9.47. The van der Waals surface area contributed by atoms with Crippen LogP contribution in [-0.2, 0) is 9.53 Å². The highest BCUT2D eigenvalue weighted by atomic mass is 16.5. The highest BCUT2D eigenvalue weighted by molar-refractivity contribution is 5.81. The monoisotopic (exact) mass is 218 g/mol. The van der Waals surface area contributed by atoms with Gasteiger partial charge >= 0.3 is 5.97 Å². The molecule has 3 aliphatic rings. The van der Waals surface area contributed by atoms with Gasteiger partial charge in [-0.15, -0.1) is 0 Å². The van der Waals surface area contributed by atoms with Crippen LogP contribution in [0.4, 0.5) is 0 Å². The molecule has 2 saturated carbocycles. The molecule has 2 nitrogen and oxygen atoms in total. The smallest absolute Gasteiger partial charge is 0.330 e. The van der Waals surface area contributed by atoms with Gasteiger partial charge in [0.2, 0.25) is 0 Å². The zero-order valence-corrected chi connectivity index (χ0v) is 9.47. The van der Waals surface area contributed by atoms with Crippen molar-refractivity contribution in [3.05, 3.63) is 24.8 Å². The van der Waals surface area contributed by atoms with Crippen molar-refractivity contribution in [2.75, 3.05) is 6.61 Å². The molecule has 0 aromatic carbocycles. The maximum absolute atomic E-state index is 11.0. The summed E-state index contributed by atoms with van der Waals surface area (Å²) in [6, 6.07) is 0. The van der Waals surface area contributed by atoms with Gasteiger partial charge in [0.05, 0.1) is 6.61 Å². The lowest BCUT2D eigenvalue weighted by Gasteiger charge is -2.30. The molecule has 0 saturated heterocycles. The minimum atomic E-state index is -0.274. The maximum Gasteiger partial charge on any atom is 0.330 e. The van der Waals surface area contributed by atoms with Crippen LogP contribution >= 0.6 is 0 Å². The number of allylic oxidation sites excluding steroid dienone is 2. The van der Waals surface area contributed by atoms with E-state index in [2.05, 4.69) is 18.7 Å². The van der Waals surface area contributed by atoms with E-state index in [0.717, 1.165) is 23.7 Å². The second-order valence-corrected chi connectivity index (χ2v) is 5.39. The SMILES string of the molecule is C=CC(=O)OCC1CC2CC1C1CC=CC21. The van der Waals surface area contributed by atoms with E-state index in [-0.39, 0.29) is 5.97 Å². The van der Waals surface area contributed by atoms with E-state index in [0.29, 0.717) is 12.5 Å². The summed E-state index contributed by atoms with van der Waals surface area (Å²) in [5.41, 5.74) is 0. The fourth-order valence-electron chi connectivity index (χ4n) is 4.14. The van der Waals surface area contributed by atoms with E-state index in [9.17, 15) is 4.79 Å². The number of ether oxygens (including phenoxy) is 1. The Morgan fingerprint density at radius 1 is 1.44 bits per heavy atom. The molecule has 0 aromatic rings. The Morgan fingerprint density at radius 2 is 2.31 bits per heavy atom. The van der Waals surface area contributed by atoms with Crippen LogP contribution in [-0.4, -0.2) is 12.6 Å². The van der Waals surface area contributed by atoms with Crippen LogP contribution < -0.4 is 0 Å². The third-order valence-corrected chi connectivity index (χ3v) is 4.75. The summed E-state index contributed by atoms with van der Waals surface area (Å²) in [6.07, 6.45) is 9.87. The second-order valence-electron chi connectivity index (χ2n) is 5.39. The van der Waals surface area contributed by atoms with E-state index in [1.165, 1.54) is 25.3 Å². The first-order chi connectivity index (χ1) is 7.79. The maximum atomic E-state index is 11.0. The van der Waals surface area contributed by atoms with Crippen molar-refractivity contribution >= 4 is 5.97 Å². The minimum absolute atomic E-state index is 0.274. The standard InChI is InChI=1S/C14H18O2/c1-2-14(15)16-8-10-6-9-7-13(10)12-5-3-4-11(9)12/h2-4,9-13H,1,5-8H2. The molecule has 5 unspecified atom stereocenters. The van der Waals surface area contributed by atoms with Gasteiger partial charge in [0.1, 0.15) is 0 Å². The van der Waals surface area contributed by atoms with Gasteiger partial charge in [-0.25, -0.2) is 4.79 Å². The normalized spacial score (nSPS) is 43.4. The molecule has 2 bridgehead atoms. The lowest BCUT2D eigenvalue weighted by Crippen LogP contribution is -2.28. The summed E-state index contributed by atoms with van der Waals surface area (Å²) in [7, 11) is 0. The number of rotatable bonds is 3. The van der Waals surface area contributed by atoms with Gasteiger partial charge in [-0.2, -0.15) is 0 Å². The molecule has 2 heteroatoms. The van der Waals surface area contributed by atoms with Crippen molar-refractivity contribution in [3.63, 3.8) is 0 Å². The topological polar surface area (TPSA) is 26.3 Å². The van der Waals surface area contributed by atoms with Crippen LogP contribution in [0.1, 0.15) is 19.3 Å². The van der Waals surface area contributed by atoms with E-state index in [1.54, 1.807) is 0 Å². The van der Waals surface area contributed by atoms with Crippen molar-refractivity contribution in [1.82, 2.24) is 0 Å². The highest BCUT2D eigenvalue weighted by Crippen LogP contribution is 2.58. The van der Waals surface area contributed by atoms with Crippen molar-refractivity contribution in [2.24, 2.45) is 29.6 Å². The Morgan fingerprint density at radius 3 is 3.12 bits per heavy atom. The number of hydrogen-bond donors (Lipinski definition) is 0.